The number of hydrogen-bond acceptors (Lipinski definition) is 7. The van der Waals surface area contributed by atoms with Gasteiger partial charge in [-0.2, -0.15) is 0 Å². The van der Waals surface area contributed by atoms with Crippen molar-refractivity contribution >= 4 is 38.5 Å². The molecule has 2 aliphatic heterocycles. The van der Waals surface area contributed by atoms with Gasteiger partial charge in [0.1, 0.15) is 5.82 Å². The number of piperidine rings is 1. The molecule has 0 bridgehead atoms. The van der Waals surface area contributed by atoms with Gasteiger partial charge in [-0.3, -0.25) is 9.69 Å². The number of aromatic nitrogens is 3. The van der Waals surface area contributed by atoms with Crippen LogP contribution in [-0.2, 0) is 9.47 Å². The topological polar surface area (TPSA) is 107 Å². The number of halogens is 1. The first kappa shape index (κ1) is 23.4. The number of aliphatic hydroxyl groups is 1. The first-order chi connectivity index (χ1) is 17.5. The first-order valence-electron chi connectivity index (χ1n) is 12.5. The van der Waals surface area contributed by atoms with Gasteiger partial charge in [-0.1, -0.05) is 0 Å². The molecule has 6 rings (SSSR count). The molecule has 2 aromatic carbocycles. The van der Waals surface area contributed by atoms with Crippen LogP contribution in [0.1, 0.15) is 12.8 Å². The molecule has 0 atom stereocenters. The van der Waals surface area contributed by atoms with E-state index in [1.54, 1.807) is 18.3 Å². The summed E-state index contributed by atoms with van der Waals surface area (Å²) in [5.41, 5.74) is 0.312. The molecule has 4 aromatic rings. The lowest BCUT2D eigenvalue weighted by Crippen LogP contribution is -2.48. The quantitative estimate of drug-likeness (QED) is 0.279. The Bertz CT molecular complexity index is 1450. The van der Waals surface area contributed by atoms with Crippen molar-refractivity contribution in [2.24, 2.45) is 0 Å². The van der Waals surface area contributed by atoms with Crippen LogP contribution in [0.2, 0.25) is 0 Å². The molecule has 2 aromatic heterocycles. The molecule has 4 heterocycles. The summed E-state index contributed by atoms with van der Waals surface area (Å²) in [6, 6.07) is 6.28. The SMILES string of the molecule is O=c1[nH]ccc2c3nc(N4CCC(O)(COCCN5CCOCC5)CC4)[nH]c3c3ccc(F)cc3c12. The predicted molar refractivity (Wildman–Crippen MR) is 136 cm³/mol. The smallest absolute Gasteiger partial charge is 0.256 e. The van der Waals surface area contributed by atoms with Gasteiger partial charge in [-0.15, -0.1) is 0 Å². The number of nitrogens with zero attached hydrogens (tertiary/aromatic N) is 3. The van der Waals surface area contributed by atoms with Crippen LogP contribution in [0.3, 0.4) is 0 Å². The molecule has 190 valence electrons. The second-order valence-corrected chi connectivity index (χ2v) is 9.79. The lowest BCUT2D eigenvalue weighted by Gasteiger charge is -2.38. The highest BCUT2D eigenvalue weighted by molar-refractivity contribution is 6.23. The van der Waals surface area contributed by atoms with Crippen LogP contribution in [-0.4, -0.2) is 89.7 Å². The van der Waals surface area contributed by atoms with Gasteiger partial charge in [0.25, 0.3) is 5.56 Å². The number of anilines is 1. The molecule has 2 saturated heterocycles. The Kier molecular flexibility index (Phi) is 6.12. The minimum Gasteiger partial charge on any atom is -0.387 e. The first-order valence-corrected chi connectivity index (χ1v) is 12.5. The van der Waals surface area contributed by atoms with Crippen molar-refractivity contribution in [3.8, 4) is 0 Å². The molecule has 36 heavy (non-hydrogen) atoms. The number of imidazole rings is 1. The number of morpholine rings is 1. The van der Waals surface area contributed by atoms with Crippen molar-refractivity contribution in [2.75, 3.05) is 64.1 Å². The molecule has 9 nitrogen and oxygen atoms in total. The predicted octanol–water partition coefficient (Wildman–Crippen LogP) is 2.38. The number of benzene rings is 2. The monoisotopic (exact) mass is 495 g/mol. The van der Waals surface area contributed by atoms with E-state index in [1.807, 2.05) is 0 Å². The lowest BCUT2D eigenvalue weighted by molar-refractivity contribution is -0.0667. The van der Waals surface area contributed by atoms with E-state index in [2.05, 4.69) is 19.8 Å². The molecule has 0 radical (unpaired) electrons. The van der Waals surface area contributed by atoms with E-state index >= 15 is 0 Å². The van der Waals surface area contributed by atoms with E-state index in [9.17, 15) is 14.3 Å². The van der Waals surface area contributed by atoms with E-state index in [1.165, 1.54) is 12.1 Å². The summed E-state index contributed by atoms with van der Waals surface area (Å²) in [6.07, 6.45) is 2.71. The Balaban J connectivity index is 1.19. The highest BCUT2D eigenvalue weighted by Gasteiger charge is 2.34. The summed E-state index contributed by atoms with van der Waals surface area (Å²) < 4.78 is 25.3. The maximum absolute atomic E-state index is 14.1. The van der Waals surface area contributed by atoms with Crippen molar-refractivity contribution in [3.63, 3.8) is 0 Å². The number of nitrogens with one attached hydrogen (secondary N) is 2. The zero-order valence-electron chi connectivity index (χ0n) is 20.1. The Morgan fingerprint density at radius 1 is 1.11 bits per heavy atom. The number of aromatic amines is 2. The van der Waals surface area contributed by atoms with Crippen LogP contribution in [0.5, 0.6) is 0 Å². The average Bonchev–Trinajstić information content (AvgIpc) is 3.33. The maximum Gasteiger partial charge on any atom is 0.256 e. The summed E-state index contributed by atoms with van der Waals surface area (Å²) in [6.45, 7) is 6.37. The van der Waals surface area contributed by atoms with Crippen molar-refractivity contribution in [2.45, 2.75) is 18.4 Å². The van der Waals surface area contributed by atoms with Crippen LogP contribution in [0.4, 0.5) is 10.3 Å². The molecule has 0 amide bonds. The minimum absolute atomic E-state index is 0.272. The van der Waals surface area contributed by atoms with Crippen molar-refractivity contribution in [1.29, 1.82) is 0 Å². The molecule has 0 spiro atoms. The normalized spacial score (nSPS) is 19.0. The second-order valence-electron chi connectivity index (χ2n) is 9.79. The largest absolute Gasteiger partial charge is 0.387 e. The fraction of sp³-hybridized carbons (Fsp3) is 0.462. The van der Waals surface area contributed by atoms with Gasteiger partial charge in [0.05, 0.1) is 48.4 Å². The number of fused-ring (bicyclic) bond motifs is 6. The van der Waals surface area contributed by atoms with Crippen molar-refractivity contribution in [3.05, 3.63) is 46.6 Å². The summed E-state index contributed by atoms with van der Waals surface area (Å²) in [5.74, 6) is 0.285. The highest BCUT2D eigenvalue weighted by Crippen LogP contribution is 2.35. The summed E-state index contributed by atoms with van der Waals surface area (Å²) in [7, 11) is 0. The van der Waals surface area contributed by atoms with Crippen LogP contribution in [0, 0.1) is 5.82 Å². The summed E-state index contributed by atoms with van der Waals surface area (Å²) >= 11 is 0. The fourth-order valence-electron chi connectivity index (χ4n) is 5.34. The Hall–Kier alpha value is -3.05. The summed E-state index contributed by atoms with van der Waals surface area (Å²) in [4.78, 5) is 28.0. The Morgan fingerprint density at radius 3 is 2.72 bits per heavy atom. The standard InChI is InChI=1S/C26H30FN5O4/c27-17-1-2-18-20(15-17)21-19(3-6-28-24(21)33)23-22(18)29-25(30-23)32-7-4-26(34,5-8-32)16-36-14-11-31-9-12-35-13-10-31/h1-3,6,15,34H,4-5,7-14,16H2,(H,28,33)(H,29,30). The van der Waals surface area contributed by atoms with E-state index in [0.29, 0.717) is 66.8 Å². The zero-order chi connectivity index (χ0) is 24.7. The van der Waals surface area contributed by atoms with Crippen LogP contribution in [0.15, 0.2) is 35.3 Å². The molecule has 3 N–H and O–H groups in total. The summed E-state index contributed by atoms with van der Waals surface area (Å²) in [5, 5.41) is 13.5. The highest BCUT2D eigenvalue weighted by atomic mass is 19.1. The molecule has 0 unspecified atom stereocenters. The third-order valence-corrected chi connectivity index (χ3v) is 7.45. The number of pyridine rings is 1. The minimum atomic E-state index is -0.863. The van der Waals surface area contributed by atoms with Gasteiger partial charge >= 0.3 is 0 Å². The second kappa shape index (κ2) is 9.44. The van der Waals surface area contributed by atoms with E-state index in [4.69, 9.17) is 14.5 Å². The molecule has 10 heteroatoms. The van der Waals surface area contributed by atoms with Gasteiger partial charge in [0, 0.05) is 55.1 Å². The lowest BCUT2D eigenvalue weighted by atomic mass is 9.92. The van der Waals surface area contributed by atoms with Crippen molar-refractivity contribution < 1.29 is 19.0 Å². The van der Waals surface area contributed by atoms with Crippen molar-refractivity contribution in [1.82, 2.24) is 19.9 Å². The van der Waals surface area contributed by atoms with Gasteiger partial charge in [0.2, 0.25) is 5.95 Å². The Labute approximate surface area is 206 Å². The number of ether oxygens (including phenoxy) is 2. The average molecular weight is 496 g/mol. The maximum atomic E-state index is 14.1. The van der Waals surface area contributed by atoms with Crippen LogP contribution < -0.4 is 10.5 Å². The molecule has 2 aliphatic rings. The number of rotatable bonds is 6. The van der Waals surface area contributed by atoms with Gasteiger partial charge in [-0.05, 0) is 37.1 Å². The number of H-pyrrole nitrogens is 2. The third kappa shape index (κ3) is 4.34. The van der Waals surface area contributed by atoms with Crippen LogP contribution >= 0.6 is 0 Å². The number of hydrogen-bond donors (Lipinski definition) is 3. The molecular weight excluding hydrogens is 465 g/mol. The van der Waals surface area contributed by atoms with Crippen LogP contribution in [0.25, 0.3) is 32.6 Å². The van der Waals surface area contributed by atoms with Gasteiger partial charge in [0.15, 0.2) is 0 Å². The zero-order valence-corrected chi connectivity index (χ0v) is 20.1. The fourth-order valence-corrected chi connectivity index (χ4v) is 5.34. The van der Waals surface area contributed by atoms with Gasteiger partial charge < -0.3 is 29.4 Å². The molecule has 2 fully saturated rings. The van der Waals surface area contributed by atoms with E-state index < -0.39 is 11.4 Å². The van der Waals surface area contributed by atoms with Gasteiger partial charge in [-0.25, -0.2) is 9.37 Å². The van der Waals surface area contributed by atoms with E-state index in [0.717, 1.165) is 43.8 Å². The van der Waals surface area contributed by atoms with E-state index in [-0.39, 0.29) is 5.56 Å². The Morgan fingerprint density at radius 2 is 1.92 bits per heavy atom. The third-order valence-electron chi connectivity index (χ3n) is 7.45. The molecular formula is C26H30FN5O4. The molecule has 0 saturated carbocycles. The molecule has 0 aliphatic carbocycles.